The molecule has 0 unspecified atom stereocenters. The van der Waals surface area contributed by atoms with Gasteiger partial charge in [0.15, 0.2) is 11.7 Å². The summed E-state index contributed by atoms with van der Waals surface area (Å²) in [7, 11) is 0. The molecule has 3 rings (SSSR count). The van der Waals surface area contributed by atoms with Gasteiger partial charge >= 0.3 is 5.97 Å². The van der Waals surface area contributed by atoms with Crippen molar-refractivity contribution in [2.45, 2.75) is 46.6 Å². The zero-order valence-electron chi connectivity index (χ0n) is 19.1. The summed E-state index contributed by atoms with van der Waals surface area (Å²) in [4.78, 5) is 11.6. The molecule has 1 heterocycles. The van der Waals surface area contributed by atoms with Crippen LogP contribution in [0.4, 0.5) is 5.69 Å². The van der Waals surface area contributed by atoms with Crippen LogP contribution in [-0.2, 0) is 9.53 Å². The highest BCUT2D eigenvalue weighted by Gasteiger charge is 2.31. The van der Waals surface area contributed by atoms with Crippen LogP contribution in [0, 0.1) is 13.8 Å². The smallest absolute Gasteiger partial charge is 0.344 e. The van der Waals surface area contributed by atoms with E-state index >= 15 is 0 Å². The third-order valence-corrected chi connectivity index (χ3v) is 5.11. The predicted molar refractivity (Wildman–Crippen MR) is 130 cm³/mol. The largest absolute Gasteiger partial charge is 0.487 e. The normalized spacial score (nSPS) is 15.3. The molecular weight excluding hydrogens is 426 g/mol. The highest BCUT2D eigenvalue weighted by Crippen LogP contribution is 2.35. The standard InChI is InChI=1S/C24H29N3O4S/c1-6-29-21(28)14-30-17-10-11-20-18(12-17)19(13-24(4,5)31-20)26-27-23(32)25-22-15(2)8-7-9-16(22)3/h7-12H,6,13-14H2,1-5H3,(H2,25,27,32). The van der Waals surface area contributed by atoms with Crippen molar-refractivity contribution < 1.29 is 19.0 Å². The zero-order valence-corrected chi connectivity index (χ0v) is 19.9. The first-order chi connectivity index (χ1) is 15.2. The van der Waals surface area contributed by atoms with Crippen molar-refractivity contribution in [1.29, 1.82) is 0 Å². The Morgan fingerprint density at radius 1 is 1.22 bits per heavy atom. The average Bonchev–Trinajstić information content (AvgIpc) is 2.73. The Kier molecular flexibility index (Phi) is 7.35. The molecule has 0 amide bonds. The molecular formula is C24H29N3O4S. The van der Waals surface area contributed by atoms with Gasteiger partial charge in [-0.05, 0) is 76.2 Å². The first-order valence-corrected chi connectivity index (χ1v) is 10.9. The highest BCUT2D eigenvalue weighted by atomic mass is 32.1. The summed E-state index contributed by atoms with van der Waals surface area (Å²) < 4.78 is 16.6. The van der Waals surface area contributed by atoms with E-state index in [0.717, 1.165) is 28.1 Å². The molecule has 0 aromatic heterocycles. The Labute approximate surface area is 194 Å². The van der Waals surface area contributed by atoms with Crippen LogP contribution in [0.2, 0.25) is 0 Å². The van der Waals surface area contributed by atoms with Gasteiger partial charge in [0.25, 0.3) is 0 Å². The summed E-state index contributed by atoms with van der Waals surface area (Å²) in [6, 6.07) is 11.5. The number of hydrazone groups is 1. The Hall–Kier alpha value is -3.13. The number of rotatable bonds is 6. The molecule has 0 radical (unpaired) electrons. The summed E-state index contributed by atoms with van der Waals surface area (Å²) in [5.74, 6) is 0.809. The third-order valence-electron chi connectivity index (χ3n) is 4.92. The Balaban J connectivity index is 1.78. The molecule has 0 fully saturated rings. The molecule has 8 heteroatoms. The van der Waals surface area contributed by atoms with E-state index in [1.807, 2.05) is 58.0 Å². The van der Waals surface area contributed by atoms with Gasteiger partial charge in [0, 0.05) is 17.7 Å². The van der Waals surface area contributed by atoms with Crippen molar-refractivity contribution in [3.63, 3.8) is 0 Å². The number of para-hydroxylation sites is 1. The van der Waals surface area contributed by atoms with E-state index in [1.165, 1.54) is 0 Å². The van der Waals surface area contributed by atoms with E-state index in [2.05, 4.69) is 15.8 Å². The summed E-state index contributed by atoms with van der Waals surface area (Å²) in [6.07, 6.45) is 0.570. The van der Waals surface area contributed by atoms with Crippen LogP contribution in [0.15, 0.2) is 41.5 Å². The van der Waals surface area contributed by atoms with Crippen molar-refractivity contribution in [2.24, 2.45) is 5.10 Å². The highest BCUT2D eigenvalue weighted by molar-refractivity contribution is 7.80. The lowest BCUT2D eigenvalue weighted by Crippen LogP contribution is -2.37. The first-order valence-electron chi connectivity index (χ1n) is 10.5. The maximum absolute atomic E-state index is 11.6. The number of fused-ring (bicyclic) bond motifs is 1. The molecule has 1 aliphatic heterocycles. The summed E-state index contributed by atoms with van der Waals surface area (Å²) in [5.41, 5.74) is 7.26. The quantitative estimate of drug-likeness (QED) is 0.377. The number of benzene rings is 2. The summed E-state index contributed by atoms with van der Waals surface area (Å²) >= 11 is 5.46. The number of ether oxygens (including phenoxy) is 3. The Morgan fingerprint density at radius 2 is 1.94 bits per heavy atom. The van der Waals surface area contributed by atoms with Crippen molar-refractivity contribution in [3.8, 4) is 11.5 Å². The van der Waals surface area contributed by atoms with Gasteiger partial charge in [0.1, 0.15) is 17.1 Å². The molecule has 0 spiro atoms. The number of hydrogen-bond donors (Lipinski definition) is 2. The van der Waals surface area contributed by atoms with Gasteiger partial charge in [-0.3, -0.25) is 5.43 Å². The van der Waals surface area contributed by atoms with Crippen molar-refractivity contribution in [2.75, 3.05) is 18.5 Å². The molecule has 0 bridgehead atoms. The van der Waals surface area contributed by atoms with Gasteiger partial charge in [0.05, 0.1) is 12.3 Å². The monoisotopic (exact) mass is 455 g/mol. The number of anilines is 1. The van der Waals surface area contributed by atoms with Crippen LogP contribution < -0.4 is 20.2 Å². The number of thiocarbonyl (C=S) groups is 1. The molecule has 0 saturated heterocycles. The number of carbonyl (C=O) groups is 1. The molecule has 0 atom stereocenters. The van der Waals surface area contributed by atoms with Crippen LogP contribution in [-0.4, -0.2) is 35.6 Å². The van der Waals surface area contributed by atoms with E-state index in [0.29, 0.717) is 29.6 Å². The lowest BCUT2D eigenvalue weighted by Gasteiger charge is -2.33. The minimum Gasteiger partial charge on any atom is -0.487 e. The molecule has 0 saturated carbocycles. The lowest BCUT2D eigenvalue weighted by atomic mass is 9.92. The third kappa shape index (κ3) is 5.97. The molecule has 1 aliphatic rings. The van der Waals surface area contributed by atoms with Crippen LogP contribution in [0.25, 0.3) is 0 Å². The minimum absolute atomic E-state index is 0.159. The maximum Gasteiger partial charge on any atom is 0.344 e. The fourth-order valence-corrected chi connectivity index (χ4v) is 3.61. The predicted octanol–water partition coefficient (Wildman–Crippen LogP) is 4.50. The molecule has 32 heavy (non-hydrogen) atoms. The second-order valence-corrected chi connectivity index (χ2v) is 8.59. The summed E-state index contributed by atoms with van der Waals surface area (Å²) in [6.45, 7) is 9.97. The Morgan fingerprint density at radius 3 is 2.62 bits per heavy atom. The van der Waals surface area contributed by atoms with Crippen molar-refractivity contribution in [3.05, 3.63) is 53.1 Å². The van der Waals surface area contributed by atoms with Crippen LogP contribution in [0.1, 0.15) is 43.9 Å². The molecule has 7 nitrogen and oxygen atoms in total. The van der Waals surface area contributed by atoms with Crippen molar-refractivity contribution >= 4 is 34.7 Å². The van der Waals surface area contributed by atoms with Gasteiger partial charge in [0.2, 0.25) is 0 Å². The minimum atomic E-state index is -0.428. The molecule has 0 aliphatic carbocycles. The average molecular weight is 456 g/mol. The van der Waals surface area contributed by atoms with Crippen molar-refractivity contribution in [1.82, 2.24) is 5.43 Å². The van der Waals surface area contributed by atoms with Gasteiger partial charge in [-0.1, -0.05) is 18.2 Å². The van der Waals surface area contributed by atoms with E-state index in [4.69, 9.17) is 26.4 Å². The fourth-order valence-electron chi connectivity index (χ4n) is 3.46. The number of nitrogens with one attached hydrogen (secondary N) is 2. The van der Waals surface area contributed by atoms with E-state index in [1.54, 1.807) is 13.0 Å². The number of nitrogens with zero attached hydrogens (tertiary/aromatic N) is 1. The SMILES string of the molecule is CCOC(=O)COc1ccc2c(c1)C(=NNC(=S)Nc1c(C)cccc1C)CC(C)(C)O2. The first kappa shape index (κ1) is 23.5. The van der Waals surface area contributed by atoms with E-state index < -0.39 is 11.6 Å². The molecule has 2 aromatic carbocycles. The van der Waals surface area contributed by atoms with Gasteiger partial charge < -0.3 is 19.5 Å². The van der Waals surface area contributed by atoms with E-state index in [-0.39, 0.29) is 6.61 Å². The molecule has 2 aromatic rings. The maximum atomic E-state index is 11.6. The Bertz CT molecular complexity index is 1030. The van der Waals surface area contributed by atoms with Crippen LogP contribution in [0.3, 0.4) is 0 Å². The fraction of sp³-hybridized carbons (Fsp3) is 0.375. The number of carbonyl (C=O) groups excluding carboxylic acids is 1. The number of esters is 1. The van der Waals surface area contributed by atoms with E-state index in [9.17, 15) is 4.79 Å². The molecule has 170 valence electrons. The summed E-state index contributed by atoms with van der Waals surface area (Å²) in [5, 5.41) is 8.20. The number of aryl methyl sites for hydroxylation is 2. The van der Waals surface area contributed by atoms with Crippen LogP contribution >= 0.6 is 12.2 Å². The second kappa shape index (κ2) is 9.99. The van der Waals surface area contributed by atoms with Gasteiger partial charge in [-0.2, -0.15) is 5.10 Å². The molecule has 2 N–H and O–H groups in total. The van der Waals surface area contributed by atoms with Gasteiger partial charge in [-0.25, -0.2) is 4.79 Å². The lowest BCUT2D eigenvalue weighted by molar-refractivity contribution is -0.145. The second-order valence-electron chi connectivity index (χ2n) is 8.18. The topological polar surface area (TPSA) is 81.2 Å². The zero-order chi connectivity index (χ0) is 23.3. The van der Waals surface area contributed by atoms with Crippen LogP contribution in [0.5, 0.6) is 11.5 Å². The number of hydrogen-bond acceptors (Lipinski definition) is 6. The van der Waals surface area contributed by atoms with Gasteiger partial charge in [-0.15, -0.1) is 0 Å².